The van der Waals surface area contributed by atoms with Gasteiger partial charge in [0.15, 0.2) is 5.58 Å². The van der Waals surface area contributed by atoms with E-state index in [-0.39, 0.29) is 5.43 Å². The molecule has 2 aromatic heterocycles. The summed E-state index contributed by atoms with van der Waals surface area (Å²) in [5.41, 5.74) is 3.04. The molecule has 1 fully saturated rings. The van der Waals surface area contributed by atoms with Gasteiger partial charge in [-0.25, -0.2) is 4.79 Å². The highest BCUT2D eigenvalue weighted by molar-refractivity contribution is 6.03. The van der Waals surface area contributed by atoms with Gasteiger partial charge < -0.3 is 14.5 Å². The number of amides is 1. The van der Waals surface area contributed by atoms with Gasteiger partial charge in [0.2, 0.25) is 5.43 Å². The summed E-state index contributed by atoms with van der Waals surface area (Å²) in [7, 11) is 1.85. The van der Waals surface area contributed by atoms with E-state index in [4.69, 9.17) is 9.15 Å². The van der Waals surface area contributed by atoms with Crippen molar-refractivity contribution < 1.29 is 13.9 Å². The number of benzene rings is 3. The van der Waals surface area contributed by atoms with Crippen molar-refractivity contribution in [2.45, 2.75) is 51.2 Å². The summed E-state index contributed by atoms with van der Waals surface area (Å²) in [6.45, 7) is 5.56. The fourth-order valence-corrected chi connectivity index (χ4v) is 5.38. The molecule has 1 saturated carbocycles. The summed E-state index contributed by atoms with van der Waals surface area (Å²) >= 11 is 0. The van der Waals surface area contributed by atoms with Crippen LogP contribution in [0.2, 0.25) is 0 Å². The van der Waals surface area contributed by atoms with E-state index in [1.165, 1.54) is 0 Å². The van der Waals surface area contributed by atoms with Crippen molar-refractivity contribution in [1.29, 1.82) is 0 Å². The lowest BCUT2D eigenvalue weighted by Crippen LogP contribution is -2.52. The number of rotatable bonds is 4. The van der Waals surface area contributed by atoms with Gasteiger partial charge in [0, 0.05) is 24.2 Å². The Labute approximate surface area is 226 Å². The van der Waals surface area contributed by atoms with Crippen LogP contribution in [0.15, 0.2) is 82.1 Å². The van der Waals surface area contributed by atoms with Crippen LogP contribution in [-0.2, 0) is 17.3 Å². The summed E-state index contributed by atoms with van der Waals surface area (Å²) in [6.07, 6.45) is 4.17. The summed E-state index contributed by atoms with van der Waals surface area (Å²) in [6, 6.07) is 21.2. The molecule has 6 rings (SSSR count). The molecule has 1 aliphatic rings. The molecule has 0 spiro atoms. The SMILES string of the molecule is Cn1cc2ccc3c(=O)c(-c4ccc(C5(NC(=O)OC(C)(C)C)CCC5)cc4)c(-c4ccccc4)oc3c2n1. The Morgan fingerprint density at radius 2 is 1.72 bits per heavy atom. The van der Waals surface area contributed by atoms with Gasteiger partial charge in [0.05, 0.1) is 16.5 Å². The maximum Gasteiger partial charge on any atom is 0.408 e. The first-order valence-corrected chi connectivity index (χ1v) is 13.2. The first-order valence-electron chi connectivity index (χ1n) is 13.2. The van der Waals surface area contributed by atoms with Crippen LogP contribution in [-0.4, -0.2) is 21.5 Å². The molecule has 2 heterocycles. The zero-order valence-corrected chi connectivity index (χ0v) is 22.6. The first kappa shape index (κ1) is 24.9. The number of aryl methyl sites for hydroxylation is 1. The molecule has 0 unspecified atom stereocenters. The Morgan fingerprint density at radius 3 is 2.36 bits per heavy atom. The van der Waals surface area contributed by atoms with Crippen LogP contribution in [0.3, 0.4) is 0 Å². The van der Waals surface area contributed by atoms with E-state index in [1.54, 1.807) is 4.68 Å². The molecule has 5 aromatic rings. The normalized spacial score (nSPS) is 14.8. The number of carbonyl (C=O) groups is 1. The molecular formula is C32H31N3O4. The molecule has 0 atom stereocenters. The maximum atomic E-state index is 14.0. The van der Waals surface area contributed by atoms with Gasteiger partial charge in [-0.15, -0.1) is 0 Å². The lowest BCUT2D eigenvalue weighted by molar-refractivity contribution is 0.0377. The van der Waals surface area contributed by atoms with E-state index in [2.05, 4.69) is 10.4 Å². The molecule has 39 heavy (non-hydrogen) atoms. The van der Waals surface area contributed by atoms with Crippen molar-refractivity contribution in [2.75, 3.05) is 0 Å². The number of nitrogens with zero attached hydrogens (tertiary/aromatic N) is 2. The lowest BCUT2D eigenvalue weighted by Gasteiger charge is -2.43. The Bertz CT molecular complexity index is 1760. The van der Waals surface area contributed by atoms with Crippen molar-refractivity contribution in [3.05, 3.63) is 88.7 Å². The van der Waals surface area contributed by atoms with Crippen LogP contribution in [0.25, 0.3) is 44.3 Å². The van der Waals surface area contributed by atoms with E-state index in [9.17, 15) is 9.59 Å². The van der Waals surface area contributed by atoms with Gasteiger partial charge in [-0.05, 0) is 57.2 Å². The van der Waals surface area contributed by atoms with Crippen LogP contribution in [0.1, 0.15) is 45.6 Å². The molecule has 0 aliphatic heterocycles. The number of carbonyl (C=O) groups excluding carboxylic acids is 1. The second kappa shape index (κ2) is 9.12. The summed E-state index contributed by atoms with van der Waals surface area (Å²) in [5.74, 6) is 0.504. The molecule has 0 radical (unpaired) electrons. The second-order valence-electron chi connectivity index (χ2n) is 11.3. The van der Waals surface area contributed by atoms with Gasteiger partial charge in [0.25, 0.3) is 0 Å². The Kier molecular flexibility index (Phi) is 5.83. The van der Waals surface area contributed by atoms with Crippen molar-refractivity contribution >= 4 is 28.0 Å². The number of ether oxygens (including phenoxy) is 1. The molecule has 0 saturated heterocycles. The van der Waals surface area contributed by atoms with Crippen LogP contribution < -0.4 is 10.7 Å². The van der Waals surface area contributed by atoms with Crippen LogP contribution in [0.5, 0.6) is 0 Å². The smallest absolute Gasteiger partial charge is 0.408 e. The van der Waals surface area contributed by atoms with Gasteiger partial charge in [-0.2, -0.15) is 5.10 Å². The van der Waals surface area contributed by atoms with Crippen molar-refractivity contribution in [2.24, 2.45) is 7.05 Å². The zero-order chi connectivity index (χ0) is 27.4. The predicted octanol–water partition coefficient (Wildman–Crippen LogP) is 6.92. The number of fused-ring (bicyclic) bond motifs is 3. The number of aromatic nitrogens is 2. The third-order valence-corrected chi connectivity index (χ3v) is 7.36. The van der Waals surface area contributed by atoms with Crippen molar-refractivity contribution in [1.82, 2.24) is 15.1 Å². The molecule has 1 aliphatic carbocycles. The lowest BCUT2D eigenvalue weighted by atomic mass is 9.71. The number of nitrogens with one attached hydrogen (secondary N) is 1. The summed E-state index contributed by atoms with van der Waals surface area (Å²) in [4.78, 5) is 26.6. The topological polar surface area (TPSA) is 86.4 Å². The Balaban J connectivity index is 1.46. The summed E-state index contributed by atoms with van der Waals surface area (Å²) < 4.78 is 13.8. The molecular weight excluding hydrogens is 490 g/mol. The molecule has 1 N–H and O–H groups in total. The van der Waals surface area contributed by atoms with Crippen LogP contribution in [0.4, 0.5) is 4.79 Å². The van der Waals surface area contributed by atoms with E-state index in [1.807, 2.05) is 101 Å². The number of alkyl carbamates (subject to hydrolysis) is 1. The first-order chi connectivity index (χ1) is 18.6. The third-order valence-electron chi connectivity index (χ3n) is 7.36. The van der Waals surface area contributed by atoms with Crippen molar-refractivity contribution in [3.63, 3.8) is 0 Å². The van der Waals surface area contributed by atoms with Gasteiger partial charge in [-0.3, -0.25) is 9.48 Å². The minimum Gasteiger partial charge on any atom is -0.453 e. The van der Waals surface area contributed by atoms with Gasteiger partial charge >= 0.3 is 6.09 Å². The van der Waals surface area contributed by atoms with Gasteiger partial charge in [0.1, 0.15) is 16.9 Å². The second-order valence-corrected chi connectivity index (χ2v) is 11.3. The molecule has 3 aromatic carbocycles. The predicted molar refractivity (Wildman–Crippen MR) is 153 cm³/mol. The minimum absolute atomic E-state index is 0.111. The van der Waals surface area contributed by atoms with E-state index in [0.29, 0.717) is 27.8 Å². The Morgan fingerprint density at radius 1 is 1.00 bits per heavy atom. The molecule has 7 heteroatoms. The largest absolute Gasteiger partial charge is 0.453 e. The van der Waals surface area contributed by atoms with Crippen LogP contribution >= 0.6 is 0 Å². The fourth-order valence-electron chi connectivity index (χ4n) is 5.38. The zero-order valence-electron chi connectivity index (χ0n) is 22.6. The highest BCUT2D eigenvalue weighted by Crippen LogP contribution is 2.42. The standard InChI is InChI=1S/C32H31N3O4/c1-31(2,3)39-30(37)33-32(17-8-18-32)23-14-11-20(12-15-23)25-27(36)24-16-13-22-19-35(4)34-26(22)29(24)38-28(25)21-9-6-5-7-10-21/h5-7,9-16,19H,8,17-18H2,1-4H3,(H,33,37). The number of hydrogen-bond acceptors (Lipinski definition) is 5. The van der Waals surface area contributed by atoms with Crippen LogP contribution in [0, 0.1) is 0 Å². The van der Waals surface area contributed by atoms with Gasteiger partial charge in [-0.1, -0.05) is 60.7 Å². The van der Waals surface area contributed by atoms with E-state index >= 15 is 0 Å². The van der Waals surface area contributed by atoms with Crippen molar-refractivity contribution in [3.8, 4) is 22.5 Å². The molecule has 198 valence electrons. The van der Waals surface area contributed by atoms with E-state index < -0.39 is 17.2 Å². The maximum absolute atomic E-state index is 14.0. The molecule has 7 nitrogen and oxygen atoms in total. The average Bonchev–Trinajstić information content (AvgIpc) is 3.26. The molecule has 1 amide bonds. The van der Waals surface area contributed by atoms with E-state index in [0.717, 1.165) is 41.3 Å². The highest BCUT2D eigenvalue weighted by atomic mass is 16.6. The third kappa shape index (κ3) is 4.48. The molecule has 0 bridgehead atoms. The monoisotopic (exact) mass is 521 g/mol. The fraction of sp³-hybridized carbons (Fsp3) is 0.281. The summed E-state index contributed by atoms with van der Waals surface area (Å²) in [5, 5.41) is 9.06. The highest BCUT2D eigenvalue weighted by Gasteiger charge is 2.41. The number of hydrogen-bond donors (Lipinski definition) is 1. The average molecular weight is 522 g/mol. The Hall–Kier alpha value is -4.39. The quantitative estimate of drug-likeness (QED) is 0.277. The minimum atomic E-state index is -0.572.